The largest absolute Gasteiger partial charge is 0.381 e. The third-order valence-electron chi connectivity index (χ3n) is 3.14. The maximum absolute atomic E-state index is 5.93. The van der Waals surface area contributed by atoms with Crippen LogP contribution in [0.15, 0.2) is 11.4 Å². The Balaban J connectivity index is 1.76. The highest BCUT2D eigenvalue weighted by atomic mass is 35.5. The number of rotatable bonds is 4. The highest BCUT2D eigenvalue weighted by Crippen LogP contribution is 2.25. The molecule has 1 aliphatic rings. The summed E-state index contributed by atoms with van der Waals surface area (Å²) in [5, 5.41) is 5.70. The van der Waals surface area contributed by atoms with Gasteiger partial charge in [0.25, 0.3) is 0 Å². The molecule has 0 bridgehead atoms. The van der Waals surface area contributed by atoms with E-state index in [2.05, 4.69) is 17.6 Å². The summed E-state index contributed by atoms with van der Waals surface area (Å²) in [6.07, 6.45) is 2.37. The van der Waals surface area contributed by atoms with Crippen LogP contribution in [0.1, 0.15) is 31.4 Å². The zero-order valence-corrected chi connectivity index (χ0v) is 11.1. The summed E-state index contributed by atoms with van der Waals surface area (Å²) in [7, 11) is 0. The van der Waals surface area contributed by atoms with Crippen LogP contribution in [0.4, 0.5) is 0 Å². The minimum Gasteiger partial charge on any atom is -0.381 e. The highest BCUT2D eigenvalue weighted by Gasteiger charge is 2.15. The van der Waals surface area contributed by atoms with Crippen molar-refractivity contribution in [2.75, 3.05) is 19.8 Å². The lowest BCUT2D eigenvalue weighted by molar-refractivity contribution is 0.0656. The van der Waals surface area contributed by atoms with Crippen LogP contribution in [-0.4, -0.2) is 19.8 Å². The normalized spacial score (nSPS) is 19.9. The molecule has 1 atom stereocenters. The lowest BCUT2D eigenvalue weighted by atomic mass is 10.00. The first-order chi connectivity index (χ1) is 7.75. The second-order valence-corrected chi connectivity index (χ2v) is 5.91. The maximum atomic E-state index is 5.93. The second-order valence-electron chi connectivity index (χ2n) is 4.37. The van der Waals surface area contributed by atoms with Crippen molar-refractivity contribution in [2.45, 2.75) is 25.8 Å². The molecule has 1 aliphatic heterocycles. The van der Waals surface area contributed by atoms with E-state index >= 15 is 0 Å². The van der Waals surface area contributed by atoms with E-state index < -0.39 is 0 Å². The van der Waals surface area contributed by atoms with E-state index in [0.29, 0.717) is 6.04 Å². The van der Waals surface area contributed by atoms with Crippen molar-refractivity contribution in [3.05, 3.63) is 21.3 Å². The van der Waals surface area contributed by atoms with Gasteiger partial charge in [0.15, 0.2) is 0 Å². The van der Waals surface area contributed by atoms with Gasteiger partial charge in [-0.05, 0) is 49.2 Å². The van der Waals surface area contributed by atoms with Gasteiger partial charge in [0.1, 0.15) is 0 Å². The Morgan fingerprint density at radius 2 is 2.31 bits per heavy atom. The monoisotopic (exact) mass is 259 g/mol. The molecule has 1 unspecified atom stereocenters. The Bertz CT molecular complexity index is 323. The fraction of sp³-hybridized carbons (Fsp3) is 0.667. The third-order valence-corrected chi connectivity index (χ3v) is 4.25. The van der Waals surface area contributed by atoms with E-state index in [1.54, 1.807) is 11.3 Å². The van der Waals surface area contributed by atoms with Gasteiger partial charge in [-0.2, -0.15) is 0 Å². The van der Waals surface area contributed by atoms with E-state index in [0.717, 1.165) is 30.0 Å². The first-order valence-corrected chi connectivity index (χ1v) is 7.06. The molecule has 1 saturated heterocycles. The SMILES string of the molecule is CC(NCC1CCOCC1)c1csc(Cl)c1. The summed E-state index contributed by atoms with van der Waals surface area (Å²) < 4.78 is 6.22. The van der Waals surface area contributed by atoms with Crippen LogP contribution in [0.2, 0.25) is 4.34 Å². The summed E-state index contributed by atoms with van der Waals surface area (Å²) in [6, 6.07) is 2.44. The highest BCUT2D eigenvalue weighted by molar-refractivity contribution is 7.14. The van der Waals surface area contributed by atoms with E-state index in [1.165, 1.54) is 18.4 Å². The maximum Gasteiger partial charge on any atom is 0.0931 e. The molecule has 1 aromatic rings. The van der Waals surface area contributed by atoms with Gasteiger partial charge in [-0.1, -0.05) is 11.6 Å². The first-order valence-electron chi connectivity index (χ1n) is 5.81. The van der Waals surface area contributed by atoms with Crippen LogP contribution >= 0.6 is 22.9 Å². The van der Waals surface area contributed by atoms with Gasteiger partial charge in [0.05, 0.1) is 4.34 Å². The molecular weight excluding hydrogens is 242 g/mol. The number of hydrogen-bond acceptors (Lipinski definition) is 3. The van der Waals surface area contributed by atoms with Crippen molar-refractivity contribution >= 4 is 22.9 Å². The smallest absolute Gasteiger partial charge is 0.0931 e. The summed E-state index contributed by atoms with van der Waals surface area (Å²) >= 11 is 7.53. The fourth-order valence-corrected chi connectivity index (χ4v) is 2.95. The number of ether oxygens (including phenoxy) is 1. The molecule has 0 radical (unpaired) electrons. The molecule has 0 aromatic carbocycles. The zero-order chi connectivity index (χ0) is 11.4. The number of hydrogen-bond donors (Lipinski definition) is 1. The van der Waals surface area contributed by atoms with Gasteiger partial charge in [-0.25, -0.2) is 0 Å². The number of halogens is 1. The molecule has 90 valence electrons. The zero-order valence-electron chi connectivity index (χ0n) is 9.54. The third kappa shape index (κ3) is 3.45. The predicted octanol–water partition coefficient (Wildman–Crippen LogP) is 3.48. The summed E-state index contributed by atoms with van der Waals surface area (Å²) in [6.45, 7) is 5.12. The van der Waals surface area contributed by atoms with Gasteiger partial charge in [0, 0.05) is 19.3 Å². The molecule has 4 heteroatoms. The molecule has 1 aromatic heterocycles. The summed E-state index contributed by atoms with van der Waals surface area (Å²) in [5.74, 6) is 0.769. The minimum absolute atomic E-state index is 0.395. The average Bonchev–Trinajstić information content (AvgIpc) is 2.74. The van der Waals surface area contributed by atoms with Crippen LogP contribution in [0.25, 0.3) is 0 Å². The Kier molecular flexibility index (Phi) is 4.65. The fourth-order valence-electron chi connectivity index (χ4n) is 1.96. The molecule has 2 rings (SSSR count). The van der Waals surface area contributed by atoms with Crippen LogP contribution in [0.5, 0.6) is 0 Å². The number of nitrogens with one attached hydrogen (secondary N) is 1. The molecule has 1 fully saturated rings. The minimum atomic E-state index is 0.395. The van der Waals surface area contributed by atoms with Crippen LogP contribution in [0.3, 0.4) is 0 Å². The van der Waals surface area contributed by atoms with Gasteiger partial charge in [0.2, 0.25) is 0 Å². The first kappa shape index (κ1) is 12.4. The van der Waals surface area contributed by atoms with Crippen molar-refractivity contribution in [2.24, 2.45) is 5.92 Å². The molecule has 16 heavy (non-hydrogen) atoms. The molecule has 0 saturated carbocycles. The van der Waals surface area contributed by atoms with Crippen molar-refractivity contribution in [3.8, 4) is 0 Å². The summed E-state index contributed by atoms with van der Waals surface area (Å²) in [4.78, 5) is 0. The van der Waals surface area contributed by atoms with Crippen molar-refractivity contribution < 1.29 is 4.74 Å². The quantitative estimate of drug-likeness (QED) is 0.894. The van der Waals surface area contributed by atoms with Crippen LogP contribution < -0.4 is 5.32 Å². The van der Waals surface area contributed by atoms with Gasteiger partial charge in [-0.15, -0.1) is 11.3 Å². The Labute approximate surface area is 106 Å². The molecule has 2 heterocycles. The van der Waals surface area contributed by atoms with E-state index in [1.807, 2.05) is 6.07 Å². The van der Waals surface area contributed by atoms with Crippen LogP contribution in [-0.2, 0) is 4.74 Å². The Morgan fingerprint density at radius 3 is 2.94 bits per heavy atom. The molecular formula is C12H18ClNOS. The lowest BCUT2D eigenvalue weighted by Gasteiger charge is -2.24. The van der Waals surface area contributed by atoms with Gasteiger partial charge < -0.3 is 10.1 Å². The lowest BCUT2D eigenvalue weighted by Crippen LogP contribution is -2.29. The molecule has 1 N–H and O–H groups in total. The topological polar surface area (TPSA) is 21.3 Å². The van der Waals surface area contributed by atoms with E-state index in [9.17, 15) is 0 Å². The molecule has 2 nitrogen and oxygen atoms in total. The van der Waals surface area contributed by atoms with Gasteiger partial charge >= 0.3 is 0 Å². The molecule has 0 spiro atoms. The van der Waals surface area contributed by atoms with Crippen molar-refractivity contribution in [1.29, 1.82) is 0 Å². The molecule has 0 amide bonds. The Hall–Kier alpha value is -0.0900. The summed E-state index contributed by atoms with van der Waals surface area (Å²) in [5.41, 5.74) is 1.29. The Morgan fingerprint density at radius 1 is 1.56 bits per heavy atom. The van der Waals surface area contributed by atoms with Crippen molar-refractivity contribution in [3.63, 3.8) is 0 Å². The predicted molar refractivity (Wildman–Crippen MR) is 69.3 cm³/mol. The average molecular weight is 260 g/mol. The standard InChI is InChI=1S/C12H18ClNOS/c1-9(11-6-12(13)16-8-11)14-7-10-2-4-15-5-3-10/h6,8-10,14H,2-5,7H2,1H3. The van der Waals surface area contributed by atoms with Gasteiger partial charge in [-0.3, -0.25) is 0 Å². The van der Waals surface area contributed by atoms with E-state index in [4.69, 9.17) is 16.3 Å². The second kappa shape index (κ2) is 6.01. The number of thiophene rings is 1. The van der Waals surface area contributed by atoms with Crippen LogP contribution in [0, 0.1) is 5.92 Å². The van der Waals surface area contributed by atoms with E-state index in [-0.39, 0.29) is 0 Å². The van der Waals surface area contributed by atoms with Crippen molar-refractivity contribution in [1.82, 2.24) is 5.32 Å². The molecule has 0 aliphatic carbocycles.